The topological polar surface area (TPSA) is 49.4 Å². The molecule has 0 radical (unpaired) electrons. The highest BCUT2D eigenvalue weighted by Crippen LogP contribution is 2.47. The van der Waals surface area contributed by atoms with Crippen LogP contribution in [0.5, 0.6) is 0 Å². The van der Waals surface area contributed by atoms with E-state index in [-0.39, 0.29) is 29.8 Å². The third-order valence-electron chi connectivity index (χ3n) is 5.24. The zero-order valence-electron chi connectivity index (χ0n) is 12.1. The van der Waals surface area contributed by atoms with E-state index in [1.807, 2.05) is 18.7 Å². The summed E-state index contributed by atoms with van der Waals surface area (Å²) in [6.07, 6.45) is 4.92. The lowest BCUT2D eigenvalue weighted by molar-refractivity contribution is -0.155. The first-order valence-electron chi connectivity index (χ1n) is 7.61. The number of hydrogen-bond acceptors (Lipinski definition) is 2. The minimum Gasteiger partial charge on any atom is -0.343 e. The van der Waals surface area contributed by atoms with Crippen molar-refractivity contribution in [2.45, 2.75) is 64.6 Å². The van der Waals surface area contributed by atoms with Crippen LogP contribution in [0.3, 0.4) is 0 Å². The maximum atomic E-state index is 12.6. The predicted molar refractivity (Wildman–Crippen MR) is 72.3 cm³/mol. The summed E-state index contributed by atoms with van der Waals surface area (Å²) < 4.78 is 0. The van der Waals surface area contributed by atoms with Crippen LogP contribution in [-0.4, -0.2) is 34.8 Å². The Morgan fingerprint density at radius 3 is 2.47 bits per heavy atom. The summed E-state index contributed by atoms with van der Waals surface area (Å²) in [5.74, 6) is 1.75. The fourth-order valence-electron chi connectivity index (χ4n) is 4.39. The number of carbonyl (C=O) groups is 2. The Morgan fingerprint density at radius 1 is 1.21 bits per heavy atom. The van der Waals surface area contributed by atoms with Gasteiger partial charge < -0.3 is 10.2 Å². The molecule has 2 aliphatic carbocycles. The van der Waals surface area contributed by atoms with Crippen LogP contribution in [0.15, 0.2) is 0 Å². The van der Waals surface area contributed by atoms with Crippen molar-refractivity contribution in [1.29, 1.82) is 0 Å². The van der Waals surface area contributed by atoms with Gasteiger partial charge in [0.15, 0.2) is 0 Å². The summed E-state index contributed by atoms with van der Waals surface area (Å²) in [4.78, 5) is 26.8. The van der Waals surface area contributed by atoms with Crippen molar-refractivity contribution in [2.24, 2.45) is 17.8 Å². The van der Waals surface area contributed by atoms with Gasteiger partial charge in [-0.25, -0.2) is 0 Å². The second kappa shape index (κ2) is 4.50. The van der Waals surface area contributed by atoms with Gasteiger partial charge in [-0.15, -0.1) is 0 Å². The van der Waals surface area contributed by atoms with Crippen molar-refractivity contribution in [2.75, 3.05) is 0 Å². The molecule has 19 heavy (non-hydrogen) atoms. The lowest BCUT2D eigenvalue weighted by Gasteiger charge is -2.45. The van der Waals surface area contributed by atoms with Crippen LogP contribution in [0, 0.1) is 17.8 Å². The predicted octanol–water partition coefficient (Wildman–Crippen LogP) is 1.55. The Hall–Kier alpha value is -1.06. The molecule has 3 fully saturated rings. The molecular formula is C15H24N2O2. The Labute approximate surface area is 114 Å². The zero-order valence-corrected chi connectivity index (χ0v) is 12.1. The Morgan fingerprint density at radius 2 is 1.95 bits per heavy atom. The molecule has 0 spiro atoms. The molecule has 3 aliphatic rings. The number of piperazine rings is 1. The van der Waals surface area contributed by atoms with E-state index in [0.29, 0.717) is 12.0 Å². The Balaban J connectivity index is 1.89. The van der Waals surface area contributed by atoms with Gasteiger partial charge >= 0.3 is 0 Å². The van der Waals surface area contributed by atoms with Crippen molar-refractivity contribution >= 4 is 11.8 Å². The number of nitrogens with one attached hydrogen (secondary N) is 1. The highest BCUT2D eigenvalue weighted by molar-refractivity contribution is 5.97. The van der Waals surface area contributed by atoms with Crippen molar-refractivity contribution in [1.82, 2.24) is 10.2 Å². The molecule has 2 saturated carbocycles. The number of hydrogen-bond donors (Lipinski definition) is 1. The average molecular weight is 264 g/mol. The molecule has 4 nitrogen and oxygen atoms in total. The second-order valence-electron chi connectivity index (χ2n) is 6.91. The standard InChI is InChI=1S/C15H24N2O2/c1-8(2)13-14(18)16-9(3)15(19)17(13)12-7-10-4-5-11(12)6-10/h8-13H,4-7H2,1-3H3,(H,16,18). The maximum Gasteiger partial charge on any atom is 0.245 e. The van der Waals surface area contributed by atoms with Crippen molar-refractivity contribution < 1.29 is 9.59 Å². The van der Waals surface area contributed by atoms with E-state index in [9.17, 15) is 9.59 Å². The SMILES string of the molecule is CC1NC(=O)C(C(C)C)N(C2CC3CCC2C3)C1=O. The summed E-state index contributed by atoms with van der Waals surface area (Å²) in [6.45, 7) is 5.87. The third kappa shape index (κ3) is 1.96. The first kappa shape index (κ1) is 12.9. The van der Waals surface area contributed by atoms with E-state index in [0.717, 1.165) is 12.3 Å². The van der Waals surface area contributed by atoms with Crippen LogP contribution in [0.4, 0.5) is 0 Å². The monoisotopic (exact) mass is 264 g/mol. The zero-order chi connectivity index (χ0) is 13.7. The van der Waals surface area contributed by atoms with Gasteiger partial charge in [0.25, 0.3) is 0 Å². The number of amides is 2. The fraction of sp³-hybridized carbons (Fsp3) is 0.867. The molecule has 2 bridgehead atoms. The van der Waals surface area contributed by atoms with Gasteiger partial charge in [0.05, 0.1) is 0 Å². The van der Waals surface area contributed by atoms with E-state index in [2.05, 4.69) is 5.32 Å². The van der Waals surface area contributed by atoms with Crippen molar-refractivity contribution in [3.63, 3.8) is 0 Å². The van der Waals surface area contributed by atoms with E-state index in [4.69, 9.17) is 0 Å². The second-order valence-corrected chi connectivity index (χ2v) is 6.91. The van der Waals surface area contributed by atoms with Crippen LogP contribution < -0.4 is 5.32 Å². The first-order chi connectivity index (χ1) is 8.99. The molecule has 5 unspecified atom stereocenters. The van der Waals surface area contributed by atoms with Gasteiger partial charge in [-0.3, -0.25) is 9.59 Å². The summed E-state index contributed by atoms with van der Waals surface area (Å²) >= 11 is 0. The molecule has 3 rings (SSSR count). The molecular weight excluding hydrogens is 240 g/mol. The summed E-state index contributed by atoms with van der Waals surface area (Å²) in [5.41, 5.74) is 0. The van der Waals surface area contributed by atoms with Crippen LogP contribution >= 0.6 is 0 Å². The van der Waals surface area contributed by atoms with E-state index in [1.54, 1.807) is 6.92 Å². The molecule has 1 saturated heterocycles. The number of fused-ring (bicyclic) bond motifs is 2. The molecule has 2 amide bonds. The largest absolute Gasteiger partial charge is 0.343 e. The van der Waals surface area contributed by atoms with Gasteiger partial charge in [0.2, 0.25) is 11.8 Å². The molecule has 106 valence electrons. The molecule has 0 aromatic heterocycles. The fourth-order valence-corrected chi connectivity index (χ4v) is 4.39. The molecule has 0 aromatic carbocycles. The van der Waals surface area contributed by atoms with Crippen molar-refractivity contribution in [3.8, 4) is 0 Å². The lowest BCUT2D eigenvalue weighted by Crippen LogP contribution is -2.67. The van der Waals surface area contributed by atoms with Gasteiger partial charge in [-0.2, -0.15) is 0 Å². The molecule has 4 heteroatoms. The van der Waals surface area contributed by atoms with Crippen LogP contribution in [0.2, 0.25) is 0 Å². The van der Waals surface area contributed by atoms with Crippen LogP contribution in [0.25, 0.3) is 0 Å². The first-order valence-corrected chi connectivity index (χ1v) is 7.61. The van der Waals surface area contributed by atoms with Gasteiger partial charge in [-0.05, 0) is 43.9 Å². The summed E-state index contributed by atoms with van der Waals surface area (Å²) in [5, 5.41) is 2.83. The molecule has 1 aliphatic heterocycles. The quantitative estimate of drug-likeness (QED) is 0.822. The van der Waals surface area contributed by atoms with Gasteiger partial charge in [-0.1, -0.05) is 20.3 Å². The molecule has 0 aromatic rings. The minimum atomic E-state index is -0.360. The van der Waals surface area contributed by atoms with E-state index < -0.39 is 0 Å². The maximum absolute atomic E-state index is 12.6. The summed E-state index contributed by atoms with van der Waals surface area (Å²) in [6, 6.07) is -0.318. The minimum absolute atomic E-state index is 0.0323. The lowest BCUT2D eigenvalue weighted by atomic mass is 9.88. The van der Waals surface area contributed by atoms with E-state index >= 15 is 0 Å². The molecule has 5 atom stereocenters. The van der Waals surface area contributed by atoms with Gasteiger partial charge in [0, 0.05) is 6.04 Å². The summed E-state index contributed by atoms with van der Waals surface area (Å²) in [7, 11) is 0. The number of carbonyl (C=O) groups excluding carboxylic acids is 2. The molecule has 1 N–H and O–H groups in total. The third-order valence-corrected chi connectivity index (χ3v) is 5.24. The molecule has 1 heterocycles. The average Bonchev–Trinajstić information content (AvgIpc) is 2.94. The van der Waals surface area contributed by atoms with Crippen LogP contribution in [0.1, 0.15) is 46.5 Å². The van der Waals surface area contributed by atoms with E-state index in [1.165, 1.54) is 19.3 Å². The van der Waals surface area contributed by atoms with Crippen molar-refractivity contribution in [3.05, 3.63) is 0 Å². The number of nitrogens with zero attached hydrogens (tertiary/aromatic N) is 1. The Kier molecular flexibility index (Phi) is 3.06. The normalized spacial score (nSPS) is 42.1. The smallest absolute Gasteiger partial charge is 0.245 e. The Bertz CT molecular complexity index is 407. The number of rotatable bonds is 2. The van der Waals surface area contributed by atoms with Crippen LogP contribution in [-0.2, 0) is 9.59 Å². The van der Waals surface area contributed by atoms with Gasteiger partial charge in [0.1, 0.15) is 12.1 Å². The highest BCUT2D eigenvalue weighted by Gasteiger charge is 2.50. The highest BCUT2D eigenvalue weighted by atomic mass is 16.2.